The molecule has 0 aromatic heterocycles. The van der Waals surface area contributed by atoms with Crippen molar-refractivity contribution >= 4 is 8.56 Å². The quantitative estimate of drug-likeness (QED) is 0.308. The molecule has 108 valence electrons. The van der Waals surface area contributed by atoms with Crippen molar-refractivity contribution in [3.8, 4) is 0 Å². The molecule has 18 heavy (non-hydrogen) atoms. The summed E-state index contributed by atoms with van der Waals surface area (Å²) in [6.07, 6.45) is 1.31. The normalized spacial score (nSPS) is 19.2. The molecule has 1 unspecified atom stereocenters. The third-order valence-corrected chi connectivity index (χ3v) is 6.70. The summed E-state index contributed by atoms with van der Waals surface area (Å²) in [7, 11) is 1.39. The first-order valence-corrected chi connectivity index (χ1v) is 8.87. The average Bonchev–Trinajstić information content (AvgIpc) is 3.21. The Morgan fingerprint density at radius 3 is 2.39 bits per heavy atom. The lowest BCUT2D eigenvalue weighted by molar-refractivity contribution is 0.113. The minimum Gasteiger partial charge on any atom is -0.398 e. The van der Waals surface area contributed by atoms with Crippen molar-refractivity contribution in [1.82, 2.24) is 0 Å². The first-order valence-electron chi connectivity index (χ1n) is 6.63. The highest BCUT2D eigenvalue weighted by Crippen LogP contribution is 2.20. The summed E-state index contributed by atoms with van der Waals surface area (Å²) < 4.78 is 27.3. The van der Waals surface area contributed by atoms with E-state index in [2.05, 4.69) is 0 Å². The van der Waals surface area contributed by atoms with Crippen molar-refractivity contribution in [3.63, 3.8) is 0 Å². The fraction of sp³-hybridized carbons (Fsp3) is 1.00. The molecule has 0 bridgehead atoms. The Bertz CT molecular complexity index is 207. The van der Waals surface area contributed by atoms with Crippen LogP contribution >= 0.6 is 0 Å². The second-order valence-electron chi connectivity index (χ2n) is 4.40. The van der Waals surface area contributed by atoms with E-state index in [0.29, 0.717) is 19.3 Å². The molecular weight excluding hydrogens is 252 g/mol. The van der Waals surface area contributed by atoms with E-state index < -0.39 is 8.56 Å². The van der Waals surface area contributed by atoms with Gasteiger partial charge in [-0.1, -0.05) is 0 Å². The second kappa shape index (κ2) is 9.01. The molecule has 1 aliphatic heterocycles. The molecule has 0 radical (unpaired) electrons. The number of hydrogen-bond donors (Lipinski definition) is 0. The molecule has 0 saturated carbocycles. The third-order valence-electron chi connectivity index (χ3n) is 3.13. The molecule has 1 fully saturated rings. The van der Waals surface area contributed by atoms with Gasteiger partial charge >= 0.3 is 8.56 Å². The summed E-state index contributed by atoms with van der Waals surface area (Å²) in [5.41, 5.74) is 0. The van der Waals surface area contributed by atoms with Gasteiger partial charge in [-0.3, -0.25) is 0 Å². The van der Waals surface area contributed by atoms with Gasteiger partial charge in [-0.2, -0.15) is 0 Å². The van der Waals surface area contributed by atoms with Crippen molar-refractivity contribution in [3.05, 3.63) is 0 Å². The Balaban J connectivity index is 2.13. The van der Waals surface area contributed by atoms with Gasteiger partial charge in [0.05, 0.1) is 13.2 Å². The van der Waals surface area contributed by atoms with Crippen molar-refractivity contribution in [2.75, 3.05) is 47.3 Å². The molecule has 0 aliphatic carbocycles. The molecule has 0 aromatic rings. The highest BCUT2D eigenvalue weighted by atomic mass is 28.4. The van der Waals surface area contributed by atoms with E-state index in [-0.39, 0.29) is 0 Å². The summed E-state index contributed by atoms with van der Waals surface area (Å²) in [6, 6.07) is 1.82. The maximum Gasteiger partial charge on any atom is 0.340 e. The maximum atomic E-state index is 5.63. The van der Waals surface area contributed by atoms with Crippen LogP contribution < -0.4 is 0 Å². The Morgan fingerprint density at radius 1 is 1.11 bits per heavy atom. The van der Waals surface area contributed by atoms with Crippen LogP contribution in [0.1, 0.15) is 13.3 Å². The highest BCUT2D eigenvalue weighted by Gasteiger charge is 2.34. The molecule has 0 spiro atoms. The monoisotopic (exact) mass is 278 g/mol. The van der Waals surface area contributed by atoms with Crippen LogP contribution in [-0.2, 0) is 23.1 Å². The average molecular weight is 278 g/mol. The summed E-state index contributed by atoms with van der Waals surface area (Å²) >= 11 is 0. The van der Waals surface area contributed by atoms with Gasteiger partial charge < -0.3 is 23.1 Å². The molecule has 0 aromatic carbocycles. The van der Waals surface area contributed by atoms with Crippen LogP contribution in [0.3, 0.4) is 0 Å². The Hall–Kier alpha value is 0.0169. The van der Waals surface area contributed by atoms with Crippen LogP contribution in [0.25, 0.3) is 0 Å². The zero-order valence-corrected chi connectivity index (χ0v) is 12.8. The van der Waals surface area contributed by atoms with Gasteiger partial charge in [0.1, 0.15) is 6.10 Å². The van der Waals surface area contributed by atoms with Crippen LogP contribution in [0.5, 0.6) is 0 Å². The lowest BCUT2D eigenvalue weighted by Crippen LogP contribution is -2.41. The Kier molecular flexibility index (Phi) is 8.04. The molecule has 1 heterocycles. The minimum atomic E-state index is -2.08. The van der Waals surface area contributed by atoms with E-state index in [4.69, 9.17) is 23.1 Å². The van der Waals surface area contributed by atoms with Crippen LogP contribution in [0, 0.1) is 0 Å². The van der Waals surface area contributed by atoms with Crippen molar-refractivity contribution < 1.29 is 23.1 Å². The SMILES string of the molecule is CCOCC[Si](CCCOCC1CO1)(OC)OC. The zero-order chi connectivity index (χ0) is 13.3. The van der Waals surface area contributed by atoms with Crippen LogP contribution in [0.15, 0.2) is 0 Å². The van der Waals surface area contributed by atoms with E-state index in [1.165, 1.54) is 0 Å². The lowest BCUT2D eigenvalue weighted by atomic mass is 10.5. The van der Waals surface area contributed by atoms with Crippen LogP contribution in [0.2, 0.25) is 12.1 Å². The summed E-state index contributed by atoms with van der Waals surface area (Å²) in [5.74, 6) is 0. The fourth-order valence-corrected chi connectivity index (χ4v) is 4.18. The fourth-order valence-electron chi connectivity index (χ4n) is 1.81. The molecule has 0 amide bonds. The van der Waals surface area contributed by atoms with E-state index in [9.17, 15) is 0 Å². The third kappa shape index (κ3) is 6.26. The predicted octanol–water partition coefficient (Wildman–Crippen LogP) is 1.56. The molecule has 5 nitrogen and oxygen atoms in total. The number of hydrogen-bond acceptors (Lipinski definition) is 5. The summed E-state index contributed by atoms with van der Waals surface area (Å²) in [6.45, 7) is 5.76. The molecule has 1 atom stereocenters. The first-order chi connectivity index (χ1) is 8.76. The van der Waals surface area contributed by atoms with Crippen LogP contribution in [0.4, 0.5) is 0 Å². The molecule has 1 saturated heterocycles. The molecular formula is C12H26O5Si. The minimum absolute atomic E-state index is 0.342. The van der Waals surface area contributed by atoms with E-state index in [0.717, 1.165) is 38.3 Å². The van der Waals surface area contributed by atoms with Crippen molar-refractivity contribution in [2.45, 2.75) is 31.5 Å². The maximum absolute atomic E-state index is 5.63. The van der Waals surface area contributed by atoms with Gasteiger partial charge in [-0.15, -0.1) is 0 Å². The lowest BCUT2D eigenvalue weighted by Gasteiger charge is -2.27. The van der Waals surface area contributed by atoms with Crippen molar-refractivity contribution in [1.29, 1.82) is 0 Å². The summed E-state index contributed by atoms with van der Waals surface area (Å²) in [4.78, 5) is 0. The van der Waals surface area contributed by atoms with E-state index in [1.807, 2.05) is 6.92 Å². The number of ether oxygens (including phenoxy) is 3. The van der Waals surface area contributed by atoms with Gasteiger partial charge in [0.15, 0.2) is 0 Å². The van der Waals surface area contributed by atoms with Gasteiger partial charge in [0.25, 0.3) is 0 Å². The Morgan fingerprint density at radius 2 is 1.83 bits per heavy atom. The van der Waals surface area contributed by atoms with Gasteiger partial charge in [0, 0.05) is 40.1 Å². The standard InChI is InChI=1S/C12H26O5Si/c1-4-15-7-9-18(13-2,14-3)8-5-6-16-10-12-11-17-12/h12H,4-11H2,1-3H3. The summed E-state index contributed by atoms with van der Waals surface area (Å²) in [5, 5.41) is 0. The smallest absolute Gasteiger partial charge is 0.340 e. The van der Waals surface area contributed by atoms with Gasteiger partial charge in [0.2, 0.25) is 0 Å². The predicted molar refractivity (Wildman–Crippen MR) is 71.1 cm³/mol. The molecule has 1 rings (SSSR count). The van der Waals surface area contributed by atoms with Crippen molar-refractivity contribution in [2.24, 2.45) is 0 Å². The molecule has 1 aliphatic rings. The number of rotatable bonds is 12. The Labute approximate surface area is 111 Å². The zero-order valence-electron chi connectivity index (χ0n) is 11.8. The largest absolute Gasteiger partial charge is 0.398 e. The molecule has 0 N–H and O–H groups in total. The second-order valence-corrected chi connectivity index (χ2v) is 8.04. The highest BCUT2D eigenvalue weighted by molar-refractivity contribution is 6.67. The van der Waals surface area contributed by atoms with Gasteiger partial charge in [-0.05, 0) is 19.4 Å². The van der Waals surface area contributed by atoms with Gasteiger partial charge in [-0.25, -0.2) is 0 Å². The molecule has 6 heteroatoms. The van der Waals surface area contributed by atoms with E-state index >= 15 is 0 Å². The first kappa shape index (κ1) is 16.1. The van der Waals surface area contributed by atoms with E-state index in [1.54, 1.807) is 14.2 Å². The topological polar surface area (TPSA) is 49.5 Å². The number of epoxide rings is 1. The van der Waals surface area contributed by atoms with Crippen LogP contribution in [-0.4, -0.2) is 61.9 Å².